The van der Waals surface area contributed by atoms with Crippen molar-refractivity contribution in [3.63, 3.8) is 0 Å². The molecule has 0 aliphatic heterocycles. The second kappa shape index (κ2) is 12.8. The summed E-state index contributed by atoms with van der Waals surface area (Å²) in [5, 5.41) is 13.4. The van der Waals surface area contributed by atoms with E-state index >= 15 is 0 Å². The Morgan fingerprint density at radius 2 is 1.71 bits per heavy atom. The van der Waals surface area contributed by atoms with Gasteiger partial charge in [0.15, 0.2) is 5.78 Å². The van der Waals surface area contributed by atoms with Crippen molar-refractivity contribution in [1.29, 1.82) is 0 Å². The van der Waals surface area contributed by atoms with Gasteiger partial charge < -0.3 is 10.4 Å². The molecule has 0 radical (unpaired) electrons. The van der Waals surface area contributed by atoms with Crippen molar-refractivity contribution in [3.05, 3.63) is 47.0 Å². The molecule has 1 amide bonds. The van der Waals surface area contributed by atoms with Gasteiger partial charge in [0.05, 0.1) is 6.10 Å². The fourth-order valence-electron chi connectivity index (χ4n) is 4.43. The molecule has 4 heteroatoms. The van der Waals surface area contributed by atoms with E-state index in [1.807, 2.05) is 18.2 Å². The molecular formula is C27H39NO3. The van der Waals surface area contributed by atoms with Crippen molar-refractivity contribution in [3.8, 4) is 0 Å². The normalized spacial score (nSPS) is 17.3. The predicted molar refractivity (Wildman–Crippen MR) is 125 cm³/mol. The average molecular weight is 426 g/mol. The number of benzene rings is 1. The van der Waals surface area contributed by atoms with Gasteiger partial charge in [0.1, 0.15) is 0 Å². The monoisotopic (exact) mass is 425 g/mol. The molecule has 0 unspecified atom stereocenters. The summed E-state index contributed by atoms with van der Waals surface area (Å²) in [4.78, 5) is 24.1. The van der Waals surface area contributed by atoms with E-state index in [-0.39, 0.29) is 12.0 Å². The lowest BCUT2D eigenvalue weighted by Crippen LogP contribution is -2.25. The Morgan fingerprint density at radius 3 is 2.48 bits per heavy atom. The molecule has 1 aromatic carbocycles. The molecule has 0 spiro atoms. The summed E-state index contributed by atoms with van der Waals surface area (Å²) in [5.74, 6) is 1.24. The fraction of sp³-hybridized carbons (Fsp3) is 0.630. The highest BCUT2D eigenvalue weighted by Gasteiger charge is 2.23. The van der Waals surface area contributed by atoms with Gasteiger partial charge in [-0.3, -0.25) is 9.59 Å². The van der Waals surface area contributed by atoms with Gasteiger partial charge in [0.25, 0.3) is 0 Å². The maximum atomic E-state index is 12.3. The summed E-state index contributed by atoms with van der Waals surface area (Å²) in [6.07, 6.45) is 12.6. The minimum absolute atomic E-state index is 0.189. The summed E-state index contributed by atoms with van der Waals surface area (Å²) in [7, 11) is 0. The molecule has 170 valence electrons. The number of carbonyl (C=O) groups is 2. The molecule has 1 aromatic rings. The first-order valence-electron chi connectivity index (χ1n) is 12.3. The number of nitrogens with one attached hydrogen (secondary N) is 1. The van der Waals surface area contributed by atoms with Crippen LogP contribution < -0.4 is 5.32 Å². The average Bonchev–Trinajstić information content (AvgIpc) is 3.55. The van der Waals surface area contributed by atoms with Crippen molar-refractivity contribution in [2.45, 2.75) is 96.0 Å². The lowest BCUT2D eigenvalue weighted by Gasteiger charge is -2.12. The van der Waals surface area contributed by atoms with Crippen LogP contribution in [0.1, 0.15) is 89.0 Å². The topological polar surface area (TPSA) is 66.4 Å². The van der Waals surface area contributed by atoms with E-state index in [1.54, 1.807) is 0 Å². The molecule has 2 N–H and O–H groups in total. The number of carbonyl (C=O) groups excluding carboxylic acids is 2. The third-order valence-corrected chi connectivity index (χ3v) is 6.67. The number of allylic oxidation sites excluding steroid dienone is 2. The van der Waals surface area contributed by atoms with Crippen LogP contribution in [0.3, 0.4) is 0 Å². The van der Waals surface area contributed by atoms with Crippen LogP contribution in [0.2, 0.25) is 0 Å². The van der Waals surface area contributed by atoms with Gasteiger partial charge in [-0.2, -0.15) is 0 Å². The number of aliphatic hydroxyl groups excluding tert-OH is 1. The fourth-order valence-corrected chi connectivity index (χ4v) is 4.43. The minimum Gasteiger partial charge on any atom is -0.393 e. The Morgan fingerprint density at radius 1 is 0.968 bits per heavy atom. The lowest BCUT2D eigenvalue weighted by atomic mass is 9.97. The van der Waals surface area contributed by atoms with Gasteiger partial charge in [0, 0.05) is 19.4 Å². The summed E-state index contributed by atoms with van der Waals surface area (Å²) in [5.41, 5.74) is 3.58. The van der Waals surface area contributed by atoms with Crippen molar-refractivity contribution in [1.82, 2.24) is 5.32 Å². The number of hydrogen-bond acceptors (Lipinski definition) is 3. The molecule has 0 heterocycles. The molecule has 0 bridgehead atoms. The van der Waals surface area contributed by atoms with Crippen molar-refractivity contribution in [2.75, 3.05) is 6.54 Å². The third kappa shape index (κ3) is 8.98. The van der Waals surface area contributed by atoms with Gasteiger partial charge in [-0.1, -0.05) is 48.7 Å². The third-order valence-electron chi connectivity index (χ3n) is 6.67. The number of amides is 1. The van der Waals surface area contributed by atoms with Crippen molar-refractivity contribution >= 4 is 11.7 Å². The van der Waals surface area contributed by atoms with Crippen molar-refractivity contribution < 1.29 is 14.7 Å². The summed E-state index contributed by atoms with van der Waals surface area (Å²) >= 11 is 0. The van der Waals surface area contributed by atoms with Gasteiger partial charge in [-0.05, 0) is 81.3 Å². The molecule has 0 aromatic heterocycles. The molecule has 2 aliphatic rings. The zero-order valence-corrected chi connectivity index (χ0v) is 18.9. The zero-order valence-electron chi connectivity index (χ0n) is 18.9. The molecule has 1 atom stereocenters. The van der Waals surface area contributed by atoms with Crippen LogP contribution in [0.4, 0.5) is 0 Å². The molecule has 31 heavy (non-hydrogen) atoms. The SMILES string of the molecule is O=C(CCCCCCC1=C(CC[C@@H](O)CCc2ccccc2)CCC1=O)NCC1CC1. The summed E-state index contributed by atoms with van der Waals surface area (Å²) < 4.78 is 0. The van der Waals surface area contributed by atoms with Gasteiger partial charge >= 0.3 is 0 Å². The number of rotatable bonds is 15. The summed E-state index contributed by atoms with van der Waals surface area (Å²) in [6.45, 7) is 0.860. The Labute approximate surface area is 187 Å². The van der Waals surface area contributed by atoms with E-state index in [0.717, 1.165) is 82.2 Å². The quantitative estimate of drug-likeness (QED) is 0.375. The molecule has 1 saturated carbocycles. The van der Waals surface area contributed by atoms with Crippen LogP contribution in [0.15, 0.2) is 41.5 Å². The van der Waals surface area contributed by atoms with Crippen LogP contribution in [0, 0.1) is 5.92 Å². The maximum absolute atomic E-state index is 12.3. The van der Waals surface area contributed by atoms with Crippen LogP contribution in [0.5, 0.6) is 0 Å². The largest absolute Gasteiger partial charge is 0.393 e. The first-order valence-corrected chi connectivity index (χ1v) is 12.3. The smallest absolute Gasteiger partial charge is 0.220 e. The van der Waals surface area contributed by atoms with Gasteiger partial charge in [0.2, 0.25) is 5.91 Å². The highest BCUT2D eigenvalue weighted by molar-refractivity contribution is 5.98. The Balaban J connectivity index is 1.29. The van der Waals surface area contributed by atoms with Crippen LogP contribution >= 0.6 is 0 Å². The molecule has 0 saturated heterocycles. The first kappa shape index (κ1) is 23.7. The zero-order chi connectivity index (χ0) is 21.9. The number of aryl methyl sites for hydroxylation is 1. The standard InChI is InChI=1S/C27H39NO3/c29-24(17-14-21-8-4-3-5-9-21)18-15-23-16-19-26(30)25(23)10-6-1-2-7-11-27(31)28-20-22-12-13-22/h3-5,8-9,22,24,29H,1-2,6-7,10-20H2,(H,28,31)/t24-/m0/s1. The second-order valence-corrected chi connectivity index (χ2v) is 9.38. The highest BCUT2D eigenvalue weighted by Crippen LogP contribution is 2.31. The number of ketones is 1. The van der Waals surface area contributed by atoms with Crippen LogP contribution in [-0.4, -0.2) is 29.4 Å². The minimum atomic E-state index is -0.310. The molecule has 1 fully saturated rings. The Hall–Kier alpha value is -1.94. The Bertz CT molecular complexity index is 736. The molecule has 2 aliphatic carbocycles. The number of unbranched alkanes of at least 4 members (excludes halogenated alkanes) is 3. The molecular weight excluding hydrogens is 386 g/mol. The van der Waals surface area contributed by atoms with E-state index in [2.05, 4.69) is 17.4 Å². The first-order chi connectivity index (χ1) is 15.1. The van der Waals surface area contributed by atoms with Crippen LogP contribution in [0.25, 0.3) is 0 Å². The van der Waals surface area contributed by atoms with E-state index < -0.39 is 0 Å². The maximum Gasteiger partial charge on any atom is 0.220 e. The van der Waals surface area contributed by atoms with E-state index in [0.29, 0.717) is 18.6 Å². The van der Waals surface area contributed by atoms with E-state index in [9.17, 15) is 14.7 Å². The van der Waals surface area contributed by atoms with E-state index in [1.165, 1.54) is 24.0 Å². The molecule has 3 rings (SSSR count). The summed E-state index contributed by atoms with van der Waals surface area (Å²) in [6, 6.07) is 10.3. The number of hydrogen-bond donors (Lipinski definition) is 2. The van der Waals surface area contributed by atoms with E-state index in [4.69, 9.17) is 0 Å². The molecule has 4 nitrogen and oxygen atoms in total. The number of Topliss-reactive ketones (excluding diaryl/α,β-unsaturated/α-hetero) is 1. The Kier molecular flexibility index (Phi) is 9.80. The lowest BCUT2D eigenvalue weighted by molar-refractivity contribution is -0.121. The van der Waals surface area contributed by atoms with Gasteiger partial charge in [-0.25, -0.2) is 0 Å². The predicted octanol–water partition coefficient (Wildman–Crippen LogP) is 5.29. The van der Waals surface area contributed by atoms with Gasteiger partial charge in [-0.15, -0.1) is 0 Å². The second-order valence-electron chi connectivity index (χ2n) is 9.38. The number of aliphatic hydroxyl groups is 1. The highest BCUT2D eigenvalue weighted by atomic mass is 16.3. The van der Waals surface area contributed by atoms with Crippen molar-refractivity contribution in [2.24, 2.45) is 5.92 Å². The van der Waals surface area contributed by atoms with Crippen LogP contribution in [-0.2, 0) is 16.0 Å².